The molecule has 3 heteroatoms. The van der Waals surface area contributed by atoms with Gasteiger partial charge in [-0.05, 0) is 13.8 Å². The van der Waals surface area contributed by atoms with Gasteiger partial charge >= 0.3 is 23.1 Å². The smallest absolute Gasteiger partial charge is 1.00 e. The summed E-state index contributed by atoms with van der Waals surface area (Å²) in [5.74, 6) is 0. The molecule has 0 rings (SSSR count). The molecule has 0 saturated carbocycles. The van der Waals surface area contributed by atoms with Crippen LogP contribution >= 0.6 is 0 Å². The predicted octanol–water partition coefficient (Wildman–Crippen LogP) is -4.79. The van der Waals surface area contributed by atoms with E-state index in [1.54, 1.807) is 0 Å². The van der Waals surface area contributed by atoms with Crippen LogP contribution in [0.25, 0.3) is 0 Å². The van der Waals surface area contributed by atoms with Gasteiger partial charge in [0, 0.05) is 0 Å². The van der Waals surface area contributed by atoms with Crippen LogP contribution < -0.4 is 24.8 Å². The van der Waals surface area contributed by atoms with Gasteiger partial charge in [-0.3, -0.25) is 0 Å². The summed E-state index contributed by atoms with van der Waals surface area (Å²) in [5, 5.41) is 0. The molecule has 0 aromatic carbocycles. The van der Waals surface area contributed by atoms with Gasteiger partial charge in [-0.15, -0.1) is 0 Å². The fraction of sp³-hybridized carbons (Fsp3) is 0.500. The van der Waals surface area contributed by atoms with E-state index in [9.17, 15) is 0 Å². The van der Waals surface area contributed by atoms with Gasteiger partial charge in [0.05, 0.1) is 0 Å². The van der Waals surface area contributed by atoms with Crippen LogP contribution in [0.4, 0.5) is 0 Å². The summed E-state index contributed by atoms with van der Waals surface area (Å²) in [6.07, 6.45) is 4.00. The molecule has 40 valence electrons. The van der Waals surface area contributed by atoms with E-state index in [1.807, 2.05) is 26.0 Å². The number of rotatable bonds is 0. The molecule has 0 saturated heterocycles. The molecule has 0 nitrogen and oxygen atoms in total. The molecule has 0 radical (unpaired) electrons. The number of hydrogen-bond donors (Lipinski definition) is 0. The first-order valence-electron chi connectivity index (χ1n) is 1.49. The van der Waals surface area contributed by atoms with Crippen LogP contribution in [-0.4, -0.2) is 23.1 Å². The first kappa shape index (κ1) is 24.3. The molecule has 0 atom stereocenters. The normalized spacial score (nSPS) is 5.43. The Bertz CT molecular complexity index is 24.9. The molecule has 0 fully saturated rings. The third-order valence-corrected chi connectivity index (χ3v) is 0.333. The van der Waals surface area contributed by atoms with Crippen molar-refractivity contribution in [2.24, 2.45) is 0 Å². The first-order valence-corrected chi connectivity index (χ1v) is 1.49. The Labute approximate surface area is 73.7 Å². The average Bonchev–Trinajstić information content (AvgIpc) is 1.37. The van der Waals surface area contributed by atoms with E-state index in [0.717, 1.165) is 0 Å². The minimum absolute atomic E-state index is 0. The fourth-order valence-corrected chi connectivity index (χ4v) is 0. The number of allylic oxidation sites excluding steroid dienone is 2. The van der Waals surface area contributed by atoms with E-state index in [0.29, 0.717) is 0 Å². The second-order valence-corrected chi connectivity index (χ2v) is 0.667. The first-order chi connectivity index (χ1) is 1.91. The predicted molar refractivity (Wildman–Crippen MR) is 26.2 cm³/mol. The maximum Gasteiger partial charge on any atom is 2.00 e. The van der Waals surface area contributed by atoms with Gasteiger partial charge < -0.3 is 24.8 Å². The summed E-state index contributed by atoms with van der Waals surface area (Å²) in [5.41, 5.74) is 0. The van der Waals surface area contributed by atoms with Crippen molar-refractivity contribution in [2.75, 3.05) is 0 Å². The topological polar surface area (TPSA) is 0 Å². The van der Waals surface area contributed by atoms with Gasteiger partial charge in [0.25, 0.3) is 0 Å². The Morgan fingerprint density at radius 3 is 1.00 bits per heavy atom. The van der Waals surface area contributed by atoms with E-state index in [-0.39, 0.29) is 47.9 Å². The zero-order valence-corrected chi connectivity index (χ0v) is 7.54. The number of halogens is 2. The van der Waals surface area contributed by atoms with Crippen molar-refractivity contribution in [1.82, 2.24) is 0 Å². The average molecular weight is 151 g/mol. The van der Waals surface area contributed by atoms with Crippen LogP contribution in [0.15, 0.2) is 12.2 Å². The van der Waals surface area contributed by atoms with Crippen LogP contribution in [0.2, 0.25) is 0 Å². The molecule has 0 amide bonds. The second-order valence-electron chi connectivity index (χ2n) is 0.667. The van der Waals surface area contributed by atoms with E-state index < -0.39 is 0 Å². The Morgan fingerprint density at radius 1 is 0.857 bits per heavy atom. The maximum atomic E-state index is 2.00. The van der Waals surface area contributed by atoms with Crippen LogP contribution in [0.1, 0.15) is 13.8 Å². The molecular weight excluding hydrogens is 143 g/mol. The van der Waals surface area contributed by atoms with Crippen molar-refractivity contribution in [1.29, 1.82) is 0 Å². The van der Waals surface area contributed by atoms with Gasteiger partial charge in [0.1, 0.15) is 0 Å². The van der Waals surface area contributed by atoms with Crippen molar-refractivity contribution in [3.8, 4) is 0 Å². The van der Waals surface area contributed by atoms with Crippen molar-refractivity contribution >= 4 is 23.1 Å². The second kappa shape index (κ2) is 27.6. The van der Waals surface area contributed by atoms with Crippen molar-refractivity contribution in [3.63, 3.8) is 0 Å². The Hall–Kier alpha value is 1.09. The summed E-state index contributed by atoms with van der Waals surface area (Å²) in [6, 6.07) is 0. The molecule has 0 bridgehead atoms. The van der Waals surface area contributed by atoms with Crippen LogP contribution in [0.5, 0.6) is 0 Å². The minimum atomic E-state index is 0. The summed E-state index contributed by atoms with van der Waals surface area (Å²) >= 11 is 0. The standard InChI is InChI=1S/C4H8.2ClH.Mg/c1-3-4-2;;;/h3-4H,1-2H3;2*1H;/q;;;+2/p-2. The molecule has 0 aromatic heterocycles. The van der Waals surface area contributed by atoms with Gasteiger partial charge in [0.2, 0.25) is 0 Å². The van der Waals surface area contributed by atoms with Gasteiger partial charge in [0.15, 0.2) is 0 Å². The van der Waals surface area contributed by atoms with E-state index in [1.165, 1.54) is 0 Å². The maximum absolute atomic E-state index is 2.00. The van der Waals surface area contributed by atoms with E-state index in [4.69, 9.17) is 0 Å². The zero-order chi connectivity index (χ0) is 3.41. The monoisotopic (exact) mass is 150 g/mol. The minimum Gasteiger partial charge on any atom is -1.00 e. The summed E-state index contributed by atoms with van der Waals surface area (Å²) in [4.78, 5) is 0. The van der Waals surface area contributed by atoms with E-state index in [2.05, 4.69) is 0 Å². The van der Waals surface area contributed by atoms with Crippen LogP contribution in [0, 0.1) is 0 Å². The molecule has 0 aromatic rings. The third kappa shape index (κ3) is 42.1. The van der Waals surface area contributed by atoms with Crippen molar-refractivity contribution in [3.05, 3.63) is 12.2 Å². The SMILES string of the molecule is CC=CC.[Cl-].[Cl-].[Mg+2]. The van der Waals surface area contributed by atoms with Crippen LogP contribution in [-0.2, 0) is 0 Å². The quantitative estimate of drug-likeness (QED) is 0.241. The molecule has 7 heavy (non-hydrogen) atoms. The third-order valence-electron chi connectivity index (χ3n) is 0.333. The number of hydrogen-bond acceptors (Lipinski definition) is 0. The van der Waals surface area contributed by atoms with Crippen molar-refractivity contribution < 1.29 is 24.8 Å². The molecular formula is C4H8Cl2Mg. The summed E-state index contributed by atoms with van der Waals surface area (Å²) in [6.45, 7) is 4.00. The molecule has 0 aliphatic rings. The zero-order valence-electron chi connectivity index (χ0n) is 4.62. The largest absolute Gasteiger partial charge is 2.00 e. The van der Waals surface area contributed by atoms with Crippen molar-refractivity contribution in [2.45, 2.75) is 13.8 Å². The van der Waals surface area contributed by atoms with Gasteiger partial charge in [-0.1, -0.05) is 12.2 Å². The molecule has 0 unspecified atom stereocenters. The fourth-order valence-electron chi connectivity index (χ4n) is 0. The summed E-state index contributed by atoms with van der Waals surface area (Å²) in [7, 11) is 0. The van der Waals surface area contributed by atoms with Gasteiger partial charge in [-0.25, -0.2) is 0 Å². The molecule has 0 heterocycles. The van der Waals surface area contributed by atoms with Crippen LogP contribution in [0.3, 0.4) is 0 Å². The molecule has 0 N–H and O–H groups in total. The molecule has 0 spiro atoms. The Kier molecular flexibility index (Phi) is 95.7. The summed E-state index contributed by atoms with van der Waals surface area (Å²) < 4.78 is 0. The van der Waals surface area contributed by atoms with E-state index >= 15 is 0 Å². The molecule has 0 aliphatic carbocycles. The van der Waals surface area contributed by atoms with Gasteiger partial charge in [-0.2, -0.15) is 0 Å². The Morgan fingerprint density at radius 2 is 1.00 bits per heavy atom. The Balaban J connectivity index is -0.0000000150. The molecule has 0 aliphatic heterocycles.